The lowest BCUT2D eigenvalue weighted by molar-refractivity contribution is -0.124. The van der Waals surface area contributed by atoms with Gasteiger partial charge in [0.05, 0.1) is 5.54 Å². The van der Waals surface area contributed by atoms with Gasteiger partial charge >= 0.3 is 0 Å². The Balaban J connectivity index is 2.03. The number of primary amides is 1. The van der Waals surface area contributed by atoms with E-state index >= 15 is 0 Å². The largest absolute Gasteiger partial charge is 0.368 e. The van der Waals surface area contributed by atoms with Crippen molar-refractivity contribution < 1.29 is 4.79 Å². The zero-order chi connectivity index (χ0) is 15.6. The minimum atomic E-state index is -0.606. The highest BCUT2D eigenvalue weighted by molar-refractivity contribution is 8.00. The molecular formula is C17H26N2OS. The van der Waals surface area contributed by atoms with Crippen molar-refractivity contribution >= 4 is 17.7 Å². The smallest absolute Gasteiger partial charge is 0.237 e. The molecule has 1 aromatic rings. The van der Waals surface area contributed by atoms with Crippen LogP contribution >= 0.6 is 11.8 Å². The second-order valence-corrected chi connectivity index (χ2v) is 8.00. The predicted octanol–water partition coefficient (Wildman–Crippen LogP) is 3.17. The highest BCUT2D eigenvalue weighted by atomic mass is 32.2. The average molecular weight is 306 g/mol. The maximum Gasteiger partial charge on any atom is 0.237 e. The van der Waals surface area contributed by atoms with E-state index in [1.807, 2.05) is 18.7 Å². The van der Waals surface area contributed by atoms with E-state index in [9.17, 15) is 4.79 Å². The topological polar surface area (TPSA) is 55.1 Å². The van der Waals surface area contributed by atoms with Crippen molar-refractivity contribution in [1.29, 1.82) is 0 Å². The number of amides is 1. The highest BCUT2D eigenvalue weighted by Gasteiger charge is 2.38. The van der Waals surface area contributed by atoms with Crippen LogP contribution in [0.15, 0.2) is 23.1 Å². The molecule has 2 unspecified atom stereocenters. The summed E-state index contributed by atoms with van der Waals surface area (Å²) < 4.78 is 0. The molecule has 1 aliphatic rings. The molecule has 0 spiro atoms. The number of carbonyl (C=O) groups excluding carboxylic acids is 1. The van der Waals surface area contributed by atoms with Crippen LogP contribution in [0.3, 0.4) is 0 Å². The van der Waals surface area contributed by atoms with Crippen LogP contribution in [0.2, 0.25) is 0 Å². The molecule has 0 radical (unpaired) electrons. The van der Waals surface area contributed by atoms with Crippen LogP contribution < -0.4 is 11.1 Å². The van der Waals surface area contributed by atoms with Gasteiger partial charge in [-0.15, -0.1) is 11.8 Å². The van der Waals surface area contributed by atoms with Gasteiger partial charge in [0.25, 0.3) is 0 Å². The second kappa shape index (κ2) is 6.41. The number of hydrogen-bond acceptors (Lipinski definition) is 3. The van der Waals surface area contributed by atoms with Gasteiger partial charge in [-0.05, 0) is 51.7 Å². The van der Waals surface area contributed by atoms with Crippen molar-refractivity contribution in [2.75, 3.05) is 0 Å². The van der Waals surface area contributed by atoms with Gasteiger partial charge in [-0.1, -0.05) is 24.6 Å². The zero-order valence-electron chi connectivity index (χ0n) is 13.4. The van der Waals surface area contributed by atoms with Crippen LogP contribution in [-0.2, 0) is 4.79 Å². The van der Waals surface area contributed by atoms with Crippen molar-refractivity contribution in [2.45, 2.75) is 68.7 Å². The zero-order valence-corrected chi connectivity index (χ0v) is 14.2. The van der Waals surface area contributed by atoms with Crippen LogP contribution in [0.1, 0.15) is 44.2 Å². The number of rotatable bonds is 7. The van der Waals surface area contributed by atoms with E-state index in [4.69, 9.17) is 5.73 Å². The fourth-order valence-electron chi connectivity index (χ4n) is 2.58. The highest BCUT2D eigenvalue weighted by Crippen LogP contribution is 2.33. The van der Waals surface area contributed by atoms with Crippen molar-refractivity contribution in [3.05, 3.63) is 29.3 Å². The van der Waals surface area contributed by atoms with Crippen molar-refractivity contribution in [3.63, 3.8) is 0 Å². The molecule has 0 bridgehead atoms. The summed E-state index contributed by atoms with van der Waals surface area (Å²) in [5.74, 6) is -0.247. The molecule has 1 aromatic carbocycles. The SMILES string of the molecule is Cc1ccc(C)c(SC(C)CC(C)(NC2CC2)C(N)=O)c1. The molecule has 0 aliphatic heterocycles. The van der Waals surface area contributed by atoms with E-state index in [1.54, 1.807) is 0 Å². The second-order valence-electron chi connectivity index (χ2n) is 6.52. The van der Waals surface area contributed by atoms with Crippen LogP contribution in [0.5, 0.6) is 0 Å². The van der Waals surface area contributed by atoms with Gasteiger partial charge in [0.1, 0.15) is 0 Å². The van der Waals surface area contributed by atoms with E-state index in [2.05, 4.69) is 44.3 Å². The lowest BCUT2D eigenvalue weighted by Gasteiger charge is -2.30. The van der Waals surface area contributed by atoms with Crippen LogP contribution in [0.25, 0.3) is 0 Å². The molecule has 1 aliphatic carbocycles. The van der Waals surface area contributed by atoms with Gasteiger partial charge in [-0.25, -0.2) is 0 Å². The molecule has 1 amide bonds. The molecular weight excluding hydrogens is 280 g/mol. The minimum absolute atomic E-state index is 0.247. The molecule has 0 heterocycles. The molecule has 3 N–H and O–H groups in total. The Morgan fingerprint density at radius 1 is 1.48 bits per heavy atom. The van der Waals surface area contributed by atoms with E-state index in [0.29, 0.717) is 11.3 Å². The Bertz CT molecular complexity index is 528. The molecule has 1 saturated carbocycles. The summed E-state index contributed by atoms with van der Waals surface area (Å²) in [6, 6.07) is 6.97. The summed E-state index contributed by atoms with van der Waals surface area (Å²) in [5.41, 5.74) is 7.58. The van der Waals surface area contributed by atoms with Gasteiger partial charge < -0.3 is 11.1 Å². The van der Waals surface area contributed by atoms with Gasteiger partial charge in [0.2, 0.25) is 5.91 Å². The Morgan fingerprint density at radius 2 is 2.14 bits per heavy atom. The number of nitrogens with two attached hydrogens (primary N) is 1. The summed E-state index contributed by atoms with van der Waals surface area (Å²) in [6.07, 6.45) is 3.06. The van der Waals surface area contributed by atoms with Gasteiger partial charge in [-0.2, -0.15) is 0 Å². The maximum atomic E-state index is 11.8. The Labute approximate surface area is 132 Å². The van der Waals surface area contributed by atoms with Crippen molar-refractivity contribution in [2.24, 2.45) is 5.73 Å². The molecule has 0 saturated heterocycles. The summed E-state index contributed by atoms with van der Waals surface area (Å²) in [4.78, 5) is 13.1. The Hall–Kier alpha value is -1.00. The lowest BCUT2D eigenvalue weighted by atomic mass is 9.95. The van der Waals surface area contributed by atoms with Gasteiger partial charge in [0.15, 0.2) is 0 Å². The number of nitrogens with one attached hydrogen (secondary N) is 1. The molecule has 1 fully saturated rings. The molecule has 0 aromatic heterocycles. The quantitative estimate of drug-likeness (QED) is 0.761. The minimum Gasteiger partial charge on any atom is -0.368 e. The Kier molecular flexibility index (Phi) is 4.99. The van der Waals surface area contributed by atoms with Crippen LogP contribution in [-0.4, -0.2) is 22.7 Å². The number of thioether (sulfide) groups is 1. The summed E-state index contributed by atoms with van der Waals surface area (Å²) >= 11 is 1.83. The molecule has 116 valence electrons. The molecule has 2 atom stereocenters. The molecule has 21 heavy (non-hydrogen) atoms. The molecule has 3 nitrogen and oxygen atoms in total. The monoisotopic (exact) mass is 306 g/mol. The summed E-state index contributed by atoms with van der Waals surface area (Å²) in [6.45, 7) is 8.34. The van der Waals surface area contributed by atoms with Crippen molar-refractivity contribution in [1.82, 2.24) is 5.32 Å². The maximum absolute atomic E-state index is 11.8. The predicted molar refractivity (Wildman–Crippen MR) is 89.6 cm³/mol. The van der Waals surface area contributed by atoms with E-state index in [0.717, 1.165) is 19.3 Å². The standard InChI is InChI=1S/C17H26N2OS/c1-11-5-6-12(2)15(9-11)21-13(3)10-17(4,16(18)20)19-14-7-8-14/h5-6,9,13-14,19H,7-8,10H2,1-4H3,(H2,18,20). The lowest BCUT2D eigenvalue weighted by Crippen LogP contribution is -2.55. The molecule has 4 heteroatoms. The van der Waals surface area contributed by atoms with Gasteiger partial charge in [0, 0.05) is 16.2 Å². The first-order valence-electron chi connectivity index (χ1n) is 7.61. The normalized spacial score (nSPS) is 19.0. The molecule has 2 rings (SSSR count). The fourth-order valence-corrected chi connectivity index (χ4v) is 3.93. The first kappa shape index (κ1) is 16.4. The number of benzene rings is 1. The summed E-state index contributed by atoms with van der Waals surface area (Å²) in [5, 5.41) is 3.75. The van der Waals surface area contributed by atoms with Gasteiger partial charge in [-0.3, -0.25) is 4.79 Å². The van der Waals surface area contributed by atoms with E-state index < -0.39 is 5.54 Å². The number of aryl methyl sites for hydroxylation is 2. The first-order chi connectivity index (χ1) is 9.80. The first-order valence-corrected chi connectivity index (χ1v) is 8.49. The third kappa shape index (κ3) is 4.48. The summed E-state index contributed by atoms with van der Waals surface area (Å²) in [7, 11) is 0. The Morgan fingerprint density at radius 3 is 2.71 bits per heavy atom. The number of carbonyl (C=O) groups is 1. The third-order valence-corrected chi connectivity index (χ3v) is 5.27. The fraction of sp³-hybridized carbons (Fsp3) is 0.588. The van der Waals surface area contributed by atoms with E-state index in [-0.39, 0.29) is 5.91 Å². The van der Waals surface area contributed by atoms with Crippen LogP contribution in [0.4, 0.5) is 0 Å². The number of hydrogen-bond donors (Lipinski definition) is 2. The van der Waals surface area contributed by atoms with E-state index in [1.165, 1.54) is 16.0 Å². The van der Waals surface area contributed by atoms with Crippen LogP contribution in [0, 0.1) is 13.8 Å². The third-order valence-electron chi connectivity index (χ3n) is 4.01. The van der Waals surface area contributed by atoms with Crippen molar-refractivity contribution in [3.8, 4) is 0 Å². The average Bonchev–Trinajstić information content (AvgIpc) is 3.17.